The fourth-order valence-corrected chi connectivity index (χ4v) is 4.11. The molecule has 1 unspecified atom stereocenters. The molecular weight excluding hydrogens is 375 g/mol. The highest BCUT2D eigenvalue weighted by Gasteiger charge is 2.33. The van der Waals surface area contributed by atoms with Crippen molar-refractivity contribution >= 4 is 28.3 Å². The predicted molar refractivity (Wildman–Crippen MR) is 109 cm³/mol. The third-order valence-electron chi connectivity index (χ3n) is 4.85. The molecule has 1 amide bonds. The average molecular weight is 396 g/mol. The smallest absolute Gasteiger partial charge is 0.247 e. The average Bonchev–Trinajstić information content (AvgIpc) is 3.34. The Hall–Kier alpha value is -2.80. The lowest BCUT2D eigenvalue weighted by Gasteiger charge is -2.22. The van der Waals surface area contributed by atoms with Crippen molar-refractivity contribution in [1.82, 2.24) is 9.36 Å². The first-order chi connectivity index (χ1) is 13.6. The summed E-state index contributed by atoms with van der Waals surface area (Å²) in [6.45, 7) is 2.84. The number of hydrogen-bond donors (Lipinski definition) is 1. The van der Waals surface area contributed by atoms with Crippen molar-refractivity contribution in [2.45, 2.75) is 32.2 Å². The molecule has 0 spiro atoms. The summed E-state index contributed by atoms with van der Waals surface area (Å²) in [7, 11) is 0. The van der Waals surface area contributed by atoms with E-state index in [0.717, 1.165) is 30.3 Å². The van der Waals surface area contributed by atoms with Gasteiger partial charge in [0.2, 0.25) is 11.0 Å². The van der Waals surface area contributed by atoms with Gasteiger partial charge in [0.15, 0.2) is 0 Å². The molecule has 0 saturated carbocycles. The highest BCUT2D eigenvalue weighted by atomic mass is 32.1. The standard InChI is InChI=1S/C21H21FN4OS/c1-14-4-6-15(7-5-14)13-19-24-21(28-25-19)26-12-2-3-18(26)20(27)23-17-10-8-16(22)9-11-17/h4-11,18H,2-3,12-13H2,1H3,(H,23,27). The van der Waals surface area contributed by atoms with Crippen molar-refractivity contribution < 1.29 is 9.18 Å². The van der Waals surface area contributed by atoms with E-state index >= 15 is 0 Å². The molecule has 4 rings (SSSR count). The third kappa shape index (κ3) is 4.20. The first-order valence-corrected chi connectivity index (χ1v) is 10.1. The van der Waals surface area contributed by atoms with Crippen LogP contribution in [0.25, 0.3) is 0 Å². The minimum Gasteiger partial charge on any atom is -0.335 e. The molecule has 144 valence electrons. The maximum absolute atomic E-state index is 13.1. The largest absolute Gasteiger partial charge is 0.335 e. The number of anilines is 2. The quantitative estimate of drug-likeness (QED) is 0.703. The van der Waals surface area contributed by atoms with Crippen LogP contribution >= 0.6 is 11.5 Å². The lowest BCUT2D eigenvalue weighted by molar-refractivity contribution is -0.117. The minimum atomic E-state index is -0.324. The Balaban J connectivity index is 1.44. The number of rotatable bonds is 5. The highest BCUT2D eigenvalue weighted by molar-refractivity contribution is 7.09. The Morgan fingerprint density at radius 1 is 1.21 bits per heavy atom. The Labute approximate surface area is 167 Å². The minimum absolute atomic E-state index is 0.0978. The number of amides is 1. The van der Waals surface area contributed by atoms with E-state index in [4.69, 9.17) is 0 Å². The van der Waals surface area contributed by atoms with E-state index in [9.17, 15) is 9.18 Å². The number of carbonyl (C=O) groups excluding carboxylic acids is 1. The molecule has 3 aromatic rings. The van der Waals surface area contributed by atoms with Crippen LogP contribution in [-0.2, 0) is 11.2 Å². The molecule has 1 atom stereocenters. The van der Waals surface area contributed by atoms with Gasteiger partial charge in [-0.25, -0.2) is 9.37 Å². The second kappa shape index (κ2) is 8.06. The molecule has 0 radical (unpaired) electrons. The van der Waals surface area contributed by atoms with Crippen molar-refractivity contribution in [3.8, 4) is 0 Å². The molecular formula is C21H21FN4OS. The zero-order chi connectivity index (χ0) is 19.5. The van der Waals surface area contributed by atoms with Crippen molar-refractivity contribution in [2.24, 2.45) is 0 Å². The Morgan fingerprint density at radius 2 is 1.96 bits per heavy atom. The Morgan fingerprint density at radius 3 is 2.71 bits per heavy atom. The number of hydrogen-bond acceptors (Lipinski definition) is 5. The summed E-state index contributed by atoms with van der Waals surface area (Å²) in [5, 5.41) is 3.65. The first kappa shape index (κ1) is 18.6. The van der Waals surface area contributed by atoms with Crippen molar-refractivity contribution in [1.29, 1.82) is 0 Å². The van der Waals surface area contributed by atoms with Crippen molar-refractivity contribution in [3.05, 3.63) is 71.3 Å². The number of nitrogens with zero attached hydrogens (tertiary/aromatic N) is 3. The summed E-state index contributed by atoms with van der Waals surface area (Å²) in [5.41, 5.74) is 2.99. The molecule has 5 nitrogen and oxygen atoms in total. The van der Waals surface area contributed by atoms with Gasteiger partial charge in [-0.15, -0.1) is 0 Å². The van der Waals surface area contributed by atoms with Crippen LogP contribution in [-0.4, -0.2) is 27.9 Å². The molecule has 1 saturated heterocycles. The fraction of sp³-hybridized carbons (Fsp3) is 0.286. The zero-order valence-corrected chi connectivity index (χ0v) is 16.4. The van der Waals surface area contributed by atoms with Gasteiger partial charge in [0.25, 0.3) is 0 Å². The van der Waals surface area contributed by atoms with Crippen LogP contribution in [0.4, 0.5) is 15.2 Å². The summed E-state index contributed by atoms with van der Waals surface area (Å²) < 4.78 is 17.5. The number of benzene rings is 2. The normalized spacial score (nSPS) is 16.4. The van der Waals surface area contributed by atoms with Gasteiger partial charge in [-0.1, -0.05) is 29.8 Å². The van der Waals surface area contributed by atoms with Gasteiger partial charge in [-0.2, -0.15) is 4.37 Å². The zero-order valence-electron chi connectivity index (χ0n) is 15.6. The predicted octanol–water partition coefficient (Wildman–Crippen LogP) is 4.18. The van der Waals surface area contributed by atoms with Gasteiger partial charge in [0.05, 0.1) is 0 Å². The monoisotopic (exact) mass is 396 g/mol. The summed E-state index contributed by atoms with van der Waals surface area (Å²) in [6, 6.07) is 13.9. The van der Waals surface area contributed by atoms with Gasteiger partial charge < -0.3 is 10.2 Å². The maximum Gasteiger partial charge on any atom is 0.247 e. The molecule has 0 aliphatic carbocycles. The van der Waals surface area contributed by atoms with Gasteiger partial charge in [0.1, 0.15) is 17.7 Å². The molecule has 7 heteroatoms. The number of halogens is 1. The summed E-state index contributed by atoms with van der Waals surface area (Å²) in [6.07, 6.45) is 2.37. The Bertz CT molecular complexity index is 955. The number of aryl methyl sites for hydroxylation is 1. The lowest BCUT2D eigenvalue weighted by atomic mass is 10.1. The van der Waals surface area contributed by atoms with Crippen molar-refractivity contribution in [3.63, 3.8) is 0 Å². The SMILES string of the molecule is Cc1ccc(Cc2nsc(N3CCCC3C(=O)Nc3ccc(F)cc3)n2)cc1. The molecule has 2 heterocycles. The van der Waals surface area contributed by atoms with Crippen LogP contribution in [0.3, 0.4) is 0 Å². The number of aromatic nitrogens is 2. The van der Waals surface area contributed by atoms with E-state index in [-0.39, 0.29) is 17.8 Å². The molecule has 1 aliphatic heterocycles. The van der Waals surface area contributed by atoms with Gasteiger partial charge in [-0.05, 0) is 49.6 Å². The highest BCUT2D eigenvalue weighted by Crippen LogP contribution is 2.28. The number of nitrogens with one attached hydrogen (secondary N) is 1. The summed E-state index contributed by atoms with van der Waals surface area (Å²) >= 11 is 1.33. The molecule has 1 aromatic heterocycles. The van der Waals surface area contributed by atoms with E-state index < -0.39 is 0 Å². The molecule has 1 N–H and O–H groups in total. The number of carbonyl (C=O) groups is 1. The van der Waals surface area contributed by atoms with Crippen LogP contribution in [0.15, 0.2) is 48.5 Å². The van der Waals surface area contributed by atoms with Crippen LogP contribution in [0.1, 0.15) is 29.8 Å². The molecule has 0 bridgehead atoms. The third-order valence-corrected chi connectivity index (χ3v) is 5.64. The van der Waals surface area contributed by atoms with E-state index in [2.05, 4.69) is 45.9 Å². The van der Waals surface area contributed by atoms with Crippen LogP contribution < -0.4 is 10.2 Å². The van der Waals surface area contributed by atoms with E-state index in [1.165, 1.54) is 34.8 Å². The summed E-state index contributed by atoms with van der Waals surface area (Å²) in [4.78, 5) is 19.4. The van der Waals surface area contributed by atoms with Crippen LogP contribution in [0, 0.1) is 12.7 Å². The molecule has 2 aromatic carbocycles. The van der Waals surface area contributed by atoms with E-state index in [0.29, 0.717) is 12.1 Å². The molecule has 1 aliphatic rings. The van der Waals surface area contributed by atoms with Gasteiger partial charge >= 0.3 is 0 Å². The van der Waals surface area contributed by atoms with Gasteiger partial charge in [0, 0.05) is 30.2 Å². The topological polar surface area (TPSA) is 58.1 Å². The fourth-order valence-electron chi connectivity index (χ4n) is 3.35. The van der Waals surface area contributed by atoms with Gasteiger partial charge in [-0.3, -0.25) is 4.79 Å². The van der Waals surface area contributed by atoms with E-state index in [1.807, 2.05) is 4.90 Å². The van der Waals surface area contributed by atoms with Crippen LogP contribution in [0.5, 0.6) is 0 Å². The molecule has 1 fully saturated rings. The second-order valence-electron chi connectivity index (χ2n) is 7.00. The lowest BCUT2D eigenvalue weighted by Crippen LogP contribution is -2.39. The first-order valence-electron chi connectivity index (χ1n) is 9.30. The Kier molecular flexibility index (Phi) is 5.34. The second-order valence-corrected chi connectivity index (χ2v) is 7.73. The van der Waals surface area contributed by atoms with Crippen LogP contribution in [0.2, 0.25) is 0 Å². The molecule has 28 heavy (non-hydrogen) atoms. The van der Waals surface area contributed by atoms with Crippen molar-refractivity contribution in [2.75, 3.05) is 16.8 Å². The maximum atomic E-state index is 13.1. The summed E-state index contributed by atoms with van der Waals surface area (Å²) in [5.74, 6) is 0.350. The van der Waals surface area contributed by atoms with E-state index in [1.54, 1.807) is 12.1 Å².